The number of hydrogen-bond acceptors (Lipinski definition) is 6. The van der Waals surface area contributed by atoms with Crippen molar-refractivity contribution in [3.05, 3.63) is 27.5 Å². The van der Waals surface area contributed by atoms with E-state index in [1.165, 1.54) is 11.3 Å². The summed E-state index contributed by atoms with van der Waals surface area (Å²) in [6.07, 6.45) is 6.05. The van der Waals surface area contributed by atoms with Gasteiger partial charge in [-0.15, -0.1) is 16.4 Å². The van der Waals surface area contributed by atoms with Crippen LogP contribution in [0, 0.1) is 0 Å². The minimum absolute atomic E-state index is 0.00362. The Morgan fingerprint density at radius 2 is 2.10 bits per heavy atom. The molecular weight excluding hydrogens is 308 g/mol. The topological polar surface area (TPSA) is 77.7 Å². The summed E-state index contributed by atoms with van der Waals surface area (Å²) in [5.74, 6) is -0.0686. The fraction of sp³-hybridized carbons (Fsp3) is 0.615. The Balaban J connectivity index is 1.72. The smallest absolute Gasteiger partial charge is 0.162 e. The quantitative estimate of drug-likeness (QED) is 0.836. The van der Waals surface area contributed by atoms with Crippen LogP contribution in [0.15, 0.2) is 6.20 Å². The molecule has 0 aliphatic heterocycles. The van der Waals surface area contributed by atoms with Crippen molar-refractivity contribution in [3.63, 3.8) is 0 Å². The van der Waals surface area contributed by atoms with Crippen molar-refractivity contribution in [2.75, 3.05) is 0 Å². The van der Waals surface area contributed by atoms with E-state index in [1.54, 1.807) is 22.2 Å². The normalized spacial score (nSPS) is 15.1. The Hall–Kier alpha value is -1.28. The summed E-state index contributed by atoms with van der Waals surface area (Å²) in [7, 11) is -3.25. The maximum Gasteiger partial charge on any atom is 0.162 e. The molecule has 0 N–H and O–H groups in total. The van der Waals surface area contributed by atoms with E-state index < -0.39 is 9.84 Å². The van der Waals surface area contributed by atoms with Crippen molar-refractivity contribution in [3.8, 4) is 0 Å². The monoisotopic (exact) mass is 326 g/mol. The van der Waals surface area contributed by atoms with E-state index in [4.69, 9.17) is 0 Å². The number of hydrogen-bond donors (Lipinski definition) is 0. The molecule has 114 valence electrons. The van der Waals surface area contributed by atoms with Gasteiger partial charge in [-0.3, -0.25) is 4.68 Å². The van der Waals surface area contributed by atoms with Gasteiger partial charge in [-0.1, -0.05) is 5.21 Å². The summed E-state index contributed by atoms with van der Waals surface area (Å²) in [5, 5.41) is 8.48. The van der Waals surface area contributed by atoms with Crippen molar-refractivity contribution in [2.24, 2.45) is 0 Å². The highest BCUT2D eigenvalue weighted by Crippen LogP contribution is 2.28. The molecule has 0 bridgehead atoms. The van der Waals surface area contributed by atoms with Gasteiger partial charge in [-0.25, -0.2) is 13.4 Å². The summed E-state index contributed by atoms with van der Waals surface area (Å²) in [4.78, 5) is 5.76. The molecule has 1 aliphatic carbocycles. The van der Waals surface area contributed by atoms with Crippen molar-refractivity contribution < 1.29 is 8.42 Å². The molecule has 2 aromatic heterocycles. The molecule has 0 saturated carbocycles. The summed E-state index contributed by atoms with van der Waals surface area (Å²) < 4.78 is 26.2. The van der Waals surface area contributed by atoms with Crippen LogP contribution in [-0.2, 0) is 40.7 Å². The third-order valence-electron chi connectivity index (χ3n) is 3.51. The number of fused-ring (bicyclic) bond motifs is 1. The lowest BCUT2D eigenvalue weighted by Crippen LogP contribution is -2.08. The number of aromatic nitrogens is 4. The van der Waals surface area contributed by atoms with E-state index in [-0.39, 0.29) is 11.5 Å². The van der Waals surface area contributed by atoms with Crippen LogP contribution in [0.5, 0.6) is 0 Å². The molecule has 0 aromatic carbocycles. The maximum absolute atomic E-state index is 12.3. The van der Waals surface area contributed by atoms with Crippen LogP contribution in [0.2, 0.25) is 0 Å². The van der Waals surface area contributed by atoms with Crippen molar-refractivity contribution in [1.29, 1.82) is 0 Å². The third-order valence-corrected chi connectivity index (χ3v) is 6.30. The Kier molecular flexibility index (Phi) is 4.08. The molecule has 0 radical (unpaired) electrons. The largest absolute Gasteiger partial charge is 0.253 e. The van der Waals surface area contributed by atoms with Crippen LogP contribution in [0.1, 0.15) is 41.0 Å². The molecule has 0 spiro atoms. The molecule has 2 heterocycles. The number of sulfone groups is 1. The molecule has 0 fully saturated rings. The third kappa shape index (κ3) is 3.49. The molecular formula is C13H18N4O2S2. The average Bonchev–Trinajstić information content (AvgIpc) is 3.02. The Morgan fingerprint density at radius 1 is 1.29 bits per heavy atom. The number of rotatable bonds is 5. The Morgan fingerprint density at radius 3 is 2.81 bits per heavy atom. The van der Waals surface area contributed by atoms with E-state index >= 15 is 0 Å². The second-order valence-electron chi connectivity index (χ2n) is 5.28. The van der Waals surface area contributed by atoms with Gasteiger partial charge in [0.1, 0.15) is 10.8 Å². The van der Waals surface area contributed by atoms with E-state index in [0.717, 1.165) is 25.0 Å². The zero-order chi connectivity index (χ0) is 14.9. The lowest BCUT2D eigenvalue weighted by Gasteiger charge is -2.06. The minimum atomic E-state index is -3.25. The fourth-order valence-corrected chi connectivity index (χ4v) is 5.34. The predicted molar refractivity (Wildman–Crippen MR) is 80.8 cm³/mol. The van der Waals surface area contributed by atoms with Gasteiger partial charge < -0.3 is 0 Å². The molecule has 0 saturated heterocycles. The zero-order valence-electron chi connectivity index (χ0n) is 11.9. The number of thiazole rings is 1. The van der Waals surface area contributed by atoms with Crippen LogP contribution in [0.3, 0.4) is 0 Å². The van der Waals surface area contributed by atoms with E-state index in [1.807, 2.05) is 6.92 Å². The van der Waals surface area contributed by atoms with Crippen molar-refractivity contribution >= 4 is 21.2 Å². The predicted octanol–water partition coefficient (Wildman–Crippen LogP) is 1.75. The Labute approximate surface area is 128 Å². The molecule has 0 unspecified atom stereocenters. The molecule has 1 aliphatic rings. The molecule has 8 heteroatoms. The summed E-state index contributed by atoms with van der Waals surface area (Å²) in [6, 6.07) is 0. The standard InChI is InChI=1S/C13H18N4O2S2/c1-2-17-7-10(15-16-17)8-21(18,19)9-13-14-11-5-3-4-6-12(11)20-13/h7H,2-6,8-9H2,1H3. The second kappa shape index (κ2) is 5.84. The lowest BCUT2D eigenvalue weighted by atomic mass is 10.0. The van der Waals surface area contributed by atoms with Crippen molar-refractivity contribution in [2.45, 2.75) is 50.7 Å². The van der Waals surface area contributed by atoms with Crippen LogP contribution in [0.25, 0.3) is 0 Å². The van der Waals surface area contributed by atoms with E-state index in [0.29, 0.717) is 17.2 Å². The van der Waals surface area contributed by atoms with Gasteiger partial charge in [0, 0.05) is 17.6 Å². The van der Waals surface area contributed by atoms with Gasteiger partial charge in [0.2, 0.25) is 0 Å². The highest BCUT2D eigenvalue weighted by atomic mass is 32.2. The van der Waals surface area contributed by atoms with Crippen LogP contribution in [-0.4, -0.2) is 28.4 Å². The van der Waals surface area contributed by atoms with Gasteiger partial charge in [-0.05, 0) is 32.6 Å². The highest BCUT2D eigenvalue weighted by Gasteiger charge is 2.21. The van der Waals surface area contributed by atoms with Gasteiger partial charge >= 0.3 is 0 Å². The highest BCUT2D eigenvalue weighted by molar-refractivity contribution is 7.89. The number of nitrogens with zero attached hydrogens (tertiary/aromatic N) is 4. The molecule has 3 rings (SSSR count). The first kappa shape index (κ1) is 14.6. The summed E-state index contributed by atoms with van der Waals surface area (Å²) >= 11 is 1.55. The number of aryl methyl sites for hydroxylation is 3. The molecule has 21 heavy (non-hydrogen) atoms. The molecule has 6 nitrogen and oxygen atoms in total. The molecule has 0 atom stereocenters. The van der Waals surface area contributed by atoms with Crippen LogP contribution < -0.4 is 0 Å². The minimum Gasteiger partial charge on any atom is -0.253 e. The second-order valence-corrected chi connectivity index (χ2v) is 8.52. The van der Waals surface area contributed by atoms with Gasteiger partial charge in [0.25, 0.3) is 0 Å². The van der Waals surface area contributed by atoms with Gasteiger partial charge in [0.05, 0.1) is 17.1 Å². The van der Waals surface area contributed by atoms with Crippen LogP contribution in [0.4, 0.5) is 0 Å². The first-order chi connectivity index (χ1) is 10.1. The first-order valence-corrected chi connectivity index (χ1v) is 9.76. The zero-order valence-corrected chi connectivity index (χ0v) is 13.6. The first-order valence-electron chi connectivity index (χ1n) is 7.12. The lowest BCUT2D eigenvalue weighted by molar-refractivity contribution is 0.593. The molecule has 2 aromatic rings. The van der Waals surface area contributed by atoms with Gasteiger partial charge in [0.15, 0.2) is 9.84 Å². The fourth-order valence-electron chi connectivity index (χ4n) is 2.49. The maximum atomic E-state index is 12.3. The van der Waals surface area contributed by atoms with Gasteiger partial charge in [-0.2, -0.15) is 0 Å². The van der Waals surface area contributed by atoms with E-state index in [2.05, 4.69) is 15.3 Å². The van der Waals surface area contributed by atoms with E-state index in [9.17, 15) is 8.42 Å². The Bertz CT molecular complexity index is 710. The summed E-state index contributed by atoms with van der Waals surface area (Å²) in [5.41, 5.74) is 1.60. The SMILES string of the molecule is CCn1cc(CS(=O)(=O)Cc2nc3c(s2)CCCC3)nn1. The summed E-state index contributed by atoms with van der Waals surface area (Å²) in [6.45, 7) is 2.62. The average molecular weight is 326 g/mol. The van der Waals surface area contributed by atoms with Crippen LogP contribution >= 0.6 is 11.3 Å². The van der Waals surface area contributed by atoms with Crippen molar-refractivity contribution in [1.82, 2.24) is 20.0 Å². The molecule has 0 amide bonds.